The van der Waals surface area contributed by atoms with Crippen molar-refractivity contribution < 1.29 is 28.6 Å². The number of esters is 1. The van der Waals surface area contributed by atoms with Crippen LogP contribution in [-0.4, -0.2) is 56.3 Å². The van der Waals surface area contributed by atoms with Crippen molar-refractivity contribution in [3.8, 4) is 0 Å². The maximum absolute atomic E-state index is 13.1. The maximum atomic E-state index is 13.1. The van der Waals surface area contributed by atoms with Crippen LogP contribution >= 0.6 is 0 Å². The zero-order chi connectivity index (χ0) is 26.2. The molecule has 0 aliphatic carbocycles. The average molecular weight is 493 g/mol. The topological polar surface area (TPSA) is 103 Å². The van der Waals surface area contributed by atoms with E-state index in [1.165, 1.54) is 0 Å². The molecular formula is C27H44N2O6. The van der Waals surface area contributed by atoms with E-state index in [4.69, 9.17) is 14.2 Å². The van der Waals surface area contributed by atoms with Gasteiger partial charge in [0, 0.05) is 13.2 Å². The van der Waals surface area contributed by atoms with Gasteiger partial charge in [-0.25, -0.2) is 4.79 Å². The molecule has 1 aromatic rings. The van der Waals surface area contributed by atoms with Gasteiger partial charge in [-0.15, -0.1) is 0 Å². The Labute approximate surface area is 210 Å². The van der Waals surface area contributed by atoms with Crippen LogP contribution in [-0.2, 0) is 30.4 Å². The molecule has 0 aromatic heterocycles. The lowest BCUT2D eigenvalue weighted by Crippen LogP contribution is -2.52. The lowest BCUT2D eigenvalue weighted by atomic mass is 9.91. The van der Waals surface area contributed by atoms with Crippen molar-refractivity contribution in [1.29, 1.82) is 0 Å². The van der Waals surface area contributed by atoms with Crippen LogP contribution < -0.4 is 10.6 Å². The predicted molar refractivity (Wildman–Crippen MR) is 136 cm³/mol. The van der Waals surface area contributed by atoms with Crippen molar-refractivity contribution in [2.75, 3.05) is 20.3 Å². The Balaban J connectivity index is 2.72. The van der Waals surface area contributed by atoms with Gasteiger partial charge in [0.25, 0.3) is 0 Å². The molecule has 0 fully saturated rings. The van der Waals surface area contributed by atoms with Gasteiger partial charge in [-0.3, -0.25) is 9.59 Å². The number of amides is 1. The molecule has 4 atom stereocenters. The first kappa shape index (κ1) is 30.6. The molecule has 0 saturated carbocycles. The normalized spacial score (nSPS) is 14.6. The Kier molecular flexibility index (Phi) is 14.9. The number of nitrogens with one attached hydrogen (secondary N) is 2. The molecule has 8 heteroatoms. The molecule has 0 aliphatic rings. The van der Waals surface area contributed by atoms with Crippen LogP contribution in [0.25, 0.3) is 0 Å². The van der Waals surface area contributed by atoms with Crippen LogP contribution in [0.15, 0.2) is 30.3 Å². The van der Waals surface area contributed by atoms with Gasteiger partial charge < -0.3 is 24.8 Å². The summed E-state index contributed by atoms with van der Waals surface area (Å²) in [5.74, 6) is -0.445. The van der Waals surface area contributed by atoms with E-state index in [-0.39, 0.29) is 49.2 Å². The van der Waals surface area contributed by atoms with Gasteiger partial charge >= 0.3 is 12.1 Å². The van der Waals surface area contributed by atoms with E-state index in [2.05, 4.69) is 24.5 Å². The highest BCUT2D eigenvalue weighted by molar-refractivity contribution is 5.89. The molecule has 0 saturated heterocycles. The summed E-state index contributed by atoms with van der Waals surface area (Å²) in [5, 5.41) is 5.99. The minimum Gasteiger partial charge on any atom is -0.466 e. The van der Waals surface area contributed by atoms with E-state index in [0.29, 0.717) is 6.61 Å². The Morgan fingerprint density at radius 1 is 1.00 bits per heavy atom. The highest BCUT2D eigenvalue weighted by Crippen LogP contribution is 2.17. The Morgan fingerprint density at radius 2 is 1.69 bits per heavy atom. The number of unbranched alkanes of at least 4 members (excludes halogenated alkanes) is 1. The van der Waals surface area contributed by atoms with Crippen LogP contribution in [0.1, 0.15) is 65.9 Å². The number of hydrogen-bond donors (Lipinski definition) is 2. The largest absolute Gasteiger partial charge is 0.466 e. The maximum Gasteiger partial charge on any atom is 0.408 e. The van der Waals surface area contributed by atoms with E-state index in [1.54, 1.807) is 7.11 Å². The second kappa shape index (κ2) is 17.1. The molecule has 2 N–H and O–H groups in total. The van der Waals surface area contributed by atoms with Crippen molar-refractivity contribution in [2.24, 2.45) is 11.8 Å². The molecule has 0 radical (unpaired) electrons. The fourth-order valence-corrected chi connectivity index (χ4v) is 3.70. The number of rotatable bonds is 17. The van der Waals surface area contributed by atoms with E-state index in [9.17, 15) is 14.4 Å². The molecule has 35 heavy (non-hydrogen) atoms. The highest BCUT2D eigenvalue weighted by atomic mass is 16.5. The number of carbonyl (C=O) groups is 3. The third-order valence-corrected chi connectivity index (χ3v) is 6.10. The second-order valence-electron chi connectivity index (χ2n) is 9.24. The smallest absolute Gasteiger partial charge is 0.408 e. The molecule has 0 spiro atoms. The number of ether oxygens (including phenoxy) is 3. The lowest BCUT2D eigenvalue weighted by molar-refractivity contribution is -0.147. The summed E-state index contributed by atoms with van der Waals surface area (Å²) in [4.78, 5) is 37.7. The van der Waals surface area contributed by atoms with Crippen molar-refractivity contribution in [2.45, 2.75) is 85.1 Å². The second-order valence-corrected chi connectivity index (χ2v) is 9.24. The minimum atomic E-state index is -0.705. The molecule has 0 aliphatic heterocycles. The number of carbonyl (C=O) groups excluding carboxylic acids is 3. The average Bonchev–Trinajstić information content (AvgIpc) is 2.85. The van der Waals surface area contributed by atoms with Gasteiger partial charge in [0.15, 0.2) is 5.78 Å². The summed E-state index contributed by atoms with van der Waals surface area (Å²) in [5.41, 5.74) is 0.868. The summed E-state index contributed by atoms with van der Waals surface area (Å²) < 4.78 is 16.2. The Hall–Kier alpha value is -2.45. The first-order valence-corrected chi connectivity index (χ1v) is 12.6. The molecule has 1 rings (SSSR count). The quantitative estimate of drug-likeness (QED) is 0.247. The number of benzene rings is 1. The van der Waals surface area contributed by atoms with E-state index < -0.39 is 18.2 Å². The number of hydrogen-bond acceptors (Lipinski definition) is 7. The van der Waals surface area contributed by atoms with Gasteiger partial charge in [0.1, 0.15) is 6.61 Å². The monoisotopic (exact) mass is 492 g/mol. The fourth-order valence-electron chi connectivity index (χ4n) is 3.70. The molecule has 8 nitrogen and oxygen atoms in total. The molecule has 1 amide bonds. The van der Waals surface area contributed by atoms with E-state index in [1.807, 2.05) is 51.1 Å². The SMILES string of the molecule is CCCCOC(=O)C[C@@H](OC)[C@@H](NCC(=O)[C@@H](NC(=O)OCc1ccccc1)C(C)C)[C@@H](C)CC. The zero-order valence-electron chi connectivity index (χ0n) is 22.2. The van der Waals surface area contributed by atoms with Crippen LogP contribution in [0, 0.1) is 11.8 Å². The molecule has 198 valence electrons. The van der Waals surface area contributed by atoms with Crippen LogP contribution in [0.4, 0.5) is 4.79 Å². The number of methoxy groups -OCH3 is 1. The minimum absolute atomic E-state index is 0.0293. The van der Waals surface area contributed by atoms with Crippen LogP contribution in [0.5, 0.6) is 0 Å². The first-order chi connectivity index (χ1) is 16.7. The summed E-state index contributed by atoms with van der Waals surface area (Å²) in [7, 11) is 1.56. The number of Topliss-reactive ketones (excluding diaryl/α,β-unsaturated/α-hetero) is 1. The third-order valence-electron chi connectivity index (χ3n) is 6.10. The van der Waals surface area contributed by atoms with Gasteiger partial charge in [0.2, 0.25) is 0 Å². The van der Waals surface area contributed by atoms with Gasteiger partial charge in [-0.2, -0.15) is 0 Å². The zero-order valence-corrected chi connectivity index (χ0v) is 22.2. The van der Waals surface area contributed by atoms with Crippen molar-refractivity contribution in [3.63, 3.8) is 0 Å². The summed E-state index contributed by atoms with van der Waals surface area (Å²) in [6.45, 7) is 10.4. The van der Waals surface area contributed by atoms with Gasteiger partial charge in [-0.1, -0.05) is 77.8 Å². The molecule has 0 bridgehead atoms. The number of ketones is 1. The van der Waals surface area contributed by atoms with E-state index in [0.717, 1.165) is 24.8 Å². The fraction of sp³-hybridized carbons (Fsp3) is 0.667. The van der Waals surface area contributed by atoms with Gasteiger partial charge in [0.05, 0.1) is 31.7 Å². The summed E-state index contributed by atoms with van der Waals surface area (Å²) in [6.07, 6.45) is 1.65. The third kappa shape index (κ3) is 11.7. The molecule has 1 aromatic carbocycles. The van der Waals surface area contributed by atoms with Crippen molar-refractivity contribution in [1.82, 2.24) is 10.6 Å². The van der Waals surface area contributed by atoms with Crippen LogP contribution in [0.3, 0.4) is 0 Å². The van der Waals surface area contributed by atoms with Crippen molar-refractivity contribution in [3.05, 3.63) is 35.9 Å². The first-order valence-electron chi connectivity index (χ1n) is 12.6. The predicted octanol–water partition coefficient (Wildman–Crippen LogP) is 4.26. The standard InChI is InChI=1S/C27H44N2O6/c1-7-9-15-34-24(31)16-23(33-6)26(20(5)8-2)28-17-22(30)25(19(3)4)29-27(32)35-18-21-13-11-10-12-14-21/h10-14,19-20,23,25-26,28H,7-9,15-18H2,1-6H3,(H,29,32)/t20-,23+,25-,26-/m0/s1. The Morgan fingerprint density at radius 3 is 2.26 bits per heavy atom. The van der Waals surface area contributed by atoms with Crippen LogP contribution in [0.2, 0.25) is 0 Å². The summed E-state index contributed by atoms with van der Waals surface area (Å²) >= 11 is 0. The van der Waals surface area contributed by atoms with E-state index >= 15 is 0 Å². The highest BCUT2D eigenvalue weighted by Gasteiger charge is 2.31. The van der Waals surface area contributed by atoms with Gasteiger partial charge in [-0.05, 0) is 23.8 Å². The molecule has 0 heterocycles. The Bertz CT molecular complexity index is 755. The summed E-state index contributed by atoms with van der Waals surface area (Å²) in [6, 6.07) is 8.42. The number of alkyl carbamates (subject to hydrolysis) is 1. The molecule has 0 unspecified atom stereocenters. The molecular weight excluding hydrogens is 448 g/mol. The lowest BCUT2D eigenvalue weighted by Gasteiger charge is -2.31. The van der Waals surface area contributed by atoms with Crippen molar-refractivity contribution >= 4 is 17.8 Å².